The molecule has 92 valence electrons. The fraction of sp³-hybridized carbons (Fsp3) is 0.143. The van der Waals surface area contributed by atoms with E-state index in [-0.39, 0.29) is 5.91 Å². The van der Waals surface area contributed by atoms with Gasteiger partial charge in [0.05, 0.1) is 6.54 Å². The van der Waals surface area contributed by atoms with Gasteiger partial charge < -0.3 is 5.32 Å². The molecule has 1 N–H and O–H groups in total. The minimum Gasteiger partial charge on any atom is -0.351 e. The van der Waals surface area contributed by atoms with Gasteiger partial charge in [-0.1, -0.05) is 24.3 Å². The van der Waals surface area contributed by atoms with E-state index >= 15 is 0 Å². The first-order valence-corrected chi connectivity index (χ1v) is 6.40. The molecule has 2 aromatic rings. The monoisotopic (exact) mass is 259 g/mol. The van der Waals surface area contributed by atoms with Crippen LogP contribution in [0.3, 0.4) is 0 Å². The Bertz CT molecular complexity index is 575. The number of thiophene rings is 1. The number of carbonyl (C=O) groups excluding carboxylic acids is 2. The molecule has 2 rings (SSSR count). The fourth-order valence-electron chi connectivity index (χ4n) is 1.65. The van der Waals surface area contributed by atoms with Crippen molar-refractivity contribution in [1.29, 1.82) is 0 Å². The Labute approximate surface area is 109 Å². The Morgan fingerprint density at radius 2 is 2.06 bits per heavy atom. The summed E-state index contributed by atoms with van der Waals surface area (Å²) in [7, 11) is 0. The number of rotatable bonds is 4. The number of nitrogens with one attached hydrogen (secondary N) is 1. The van der Waals surface area contributed by atoms with Crippen molar-refractivity contribution in [3.05, 3.63) is 46.8 Å². The molecule has 0 atom stereocenters. The van der Waals surface area contributed by atoms with Crippen LogP contribution in [0.1, 0.15) is 22.2 Å². The third kappa shape index (κ3) is 2.84. The molecule has 1 amide bonds. The molecule has 1 heterocycles. The van der Waals surface area contributed by atoms with E-state index in [9.17, 15) is 9.59 Å². The number of aldehydes is 1. The van der Waals surface area contributed by atoms with Crippen LogP contribution >= 0.6 is 11.3 Å². The second-order valence-electron chi connectivity index (χ2n) is 3.88. The molecular weight excluding hydrogens is 246 g/mol. The second-order valence-corrected chi connectivity index (χ2v) is 5.05. The van der Waals surface area contributed by atoms with Gasteiger partial charge >= 0.3 is 0 Å². The van der Waals surface area contributed by atoms with E-state index in [1.807, 2.05) is 30.3 Å². The van der Waals surface area contributed by atoms with Crippen LogP contribution in [0.2, 0.25) is 0 Å². The molecule has 0 spiro atoms. The molecule has 0 bridgehead atoms. The normalized spacial score (nSPS) is 10.1. The Morgan fingerprint density at radius 3 is 2.78 bits per heavy atom. The van der Waals surface area contributed by atoms with Gasteiger partial charge in [0.15, 0.2) is 6.29 Å². The topological polar surface area (TPSA) is 46.2 Å². The van der Waals surface area contributed by atoms with Crippen molar-refractivity contribution in [2.24, 2.45) is 0 Å². The van der Waals surface area contributed by atoms with Gasteiger partial charge in [0, 0.05) is 27.8 Å². The summed E-state index contributed by atoms with van der Waals surface area (Å²) in [6.07, 6.45) is 0.864. The van der Waals surface area contributed by atoms with E-state index in [0.717, 1.165) is 21.6 Å². The van der Waals surface area contributed by atoms with Crippen molar-refractivity contribution < 1.29 is 9.59 Å². The largest absolute Gasteiger partial charge is 0.351 e. The van der Waals surface area contributed by atoms with Crippen molar-refractivity contribution in [1.82, 2.24) is 5.32 Å². The molecular formula is C14H13NO2S. The quantitative estimate of drug-likeness (QED) is 0.858. The highest BCUT2D eigenvalue weighted by Gasteiger charge is 2.07. The Balaban J connectivity index is 2.24. The lowest BCUT2D eigenvalue weighted by Crippen LogP contribution is -2.17. The summed E-state index contributed by atoms with van der Waals surface area (Å²) >= 11 is 1.58. The summed E-state index contributed by atoms with van der Waals surface area (Å²) in [6, 6.07) is 11.4. The second kappa shape index (κ2) is 5.60. The number of carbonyl (C=O) groups is 2. The van der Waals surface area contributed by atoms with Gasteiger partial charge in [-0.3, -0.25) is 9.59 Å². The van der Waals surface area contributed by atoms with Crippen LogP contribution in [0.25, 0.3) is 10.4 Å². The average molecular weight is 259 g/mol. The molecule has 0 aliphatic rings. The Hall–Kier alpha value is -1.94. The van der Waals surface area contributed by atoms with Crippen LogP contribution in [0, 0.1) is 0 Å². The summed E-state index contributed by atoms with van der Waals surface area (Å²) in [5.41, 5.74) is 1.62. The van der Waals surface area contributed by atoms with E-state index in [0.29, 0.717) is 12.1 Å². The van der Waals surface area contributed by atoms with Crippen LogP contribution in [-0.2, 0) is 11.3 Å². The van der Waals surface area contributed by atoms with Crippen molar-refractivity contribution in [2.75, 3.05) is 0 Å². The van der Waals surface area contributed by atoms with Crippen LogP contribution in [-0.4, -0.2) is 12.2 Å². The third-order valence-electron chi connectivity index (χ3n) is 2.53. The van der Waals surface area contributed by atoms with E-state index in [1.165, 1.54) is 6.92 Å². The van der Waals surface area contributed by atoms with E-state index in [4.69, 9.17) is 0 Å². The average Bonchev–Trinajstić information content (AvgIpc) is 2.85. The van der Waals surface area contributed by atoms with Gasteiger partial charge in [0.1, 0.15) is 0 Å². The first-order valence-electron chi connectivity index (χ1n) is 5.58. The smallest absolute Gasteiger partial charge is 0.217 e. The van der Waals surface area contributed by atoms with Crippen molar-refractivity contribution >= 4 is 23.5 Å². The van der Waals surface area contributed by atoms with Gasteiger partial charge in [0.25, 0.3) is 0 Å². The molecule has 1 aromatic carbocycles. The lowest BCUT2D eigenvalue weighted by molar-refractivity contribution is -0.119. The zero-order valence-electron chi connectivity index (χ0n) is 9.97. The highest BCUT2D eigenvalue weighted by atomic mass is 32.1. The molecule has 0 fully saturated rings. The maximum atomic E-state index is 11.0. The summed E-state index contributed by atoms with van der Waals surface area (Å²) in [5, 5.41) is 2.76. The molecule has 18 heavy (non-hydrogen) atoms. The molecule has 3 nitrogen and oxygen atoms in total. The zero-order valence-corrected chi connectivity index (χ0v) is 10.8. The highest BCUT2D eigenvalue weighted by molar-refractivity contribution is 7.15. The predicted molar refractivity (Wildman–Crippen MR) is 72.7 cm³/mol. The van der Waals surface area contributed by atoms with Crippen molar-refractivity contribution in [3.8, 4) is 10.4 Å². The molecule has 1 aromatic heterocycles. The third-order valence-corrected chi connectivity index (χ3v) is 3.64. The molecule has 0 aliphatic carbocycles. The maximum absolute atomic E-state index is 11.0. The lowest BCUT2D eigenvalue weighted by atomic mass is 10.1. The van der Waals surface area contributed by atoms with Gasteiger partial charge in [-0.2, -0.15) is 0 Å². The van der Waals surface area contributed by atoms with E-state index in [1.54, 1.807) is 17.4 Å². The van der Waals surface area contributed by atoms with Crippen LogP contribution < -0.4 is 5.32 Å². The molecule has 0 unspecified atom stereocenters. The number of hydrogen-bond donors (Lipinski definition) is 1. The molecule has 0 radical (unpaired) electrons. The number of amides is 1. The van der Waals surface area contributed by atoms with E-state index < -0.39 is 0 Å². The zero-order chi connectivity index (χ0) is 13.0. The number of hydrogen-bond acceptors (Lipinski definition) is 3. The summed E-state index contributed by atoms with van der Waals surface area (Å²) in [5.74, 6) is -0.0433. The lowest BCUT2D eigenvalue weighted by Gasteiger charge is -2.01. The minimum atomic E-state index is -0.0433. The first kappa shape index (κ1) is 12.5. The molecule has 0 saturated heterocycles. The Morgan fingerprint density at radius 1 is 1.28 bits per heavy atom. The summed E-state index contributed by atoms with van der Waals surface area (Å²) in [4.78, 5) is 23.9. The first-order chi connectivity index (χ1) is 8.70. The van der Waals surface area contributed by atoms with Gasteiger partial charge in [0.2, 0.25) is 5.91 Å². The fourth-order valence-corrected chi connectivity index (χ4v) is 2.65. The van der Waals surface area contributed by atoms with Crippen LogP contribution in [0.5, 0.6) is 0 Å². The minimum absolute atomic E-state index is 0.0433. The van der Waals surface area contributed by atoms with Crippen LogP contribution in [0.4, 0.5) is 0 Å². The molecule has 0 saturated carbocycles. The van der Waals surface area contributed by atoms with Gasteiger partial charge in [-0.05, 0) is 12.1 Å². The van der Waals surface area contributed by atoms with Crippen molar-refractivity contribution in [2.45, 2.75) is 13.5 Å². The van der Waals surface area contributed by atoms with Gasteiger partial charge in [-0.25, -0.2) is 0 Å². The standard InChI is InChI=1S/C14H13NO2S/c1-10(17)15-8-12-6-7-14(18-12)13-5-3-2-4-11(13)9-16/h2-7,9H,8H2,1H3,(H,15,17). The van der Waals surface area contributed by atoms with Gasteiger partial charge in [-0.15, -0.1) is 11.3 Å². The maximum Gasteiger partial charge on any atom is 0.217 e. The predicted octanol–water partition coefficient (Wildman–Crippen LogP) is 2.86. The van der Waals surface area contributed by atoms with E-state index in [2.05, 4.69) is 5.32 Å². The summed E-state index contributed by atoms with van der Waals surface area (Å²) < 4.78 is 0. The highest BCUT2D eigenvalue weighted by Crippen LogP contribution is 2.30. The molecule has 4 heteroatoms. The SMILES string of the molecule is CC(=O)NCc1ccc(-c2ccccc2C=O)s1. The Kier molecular flexibility index (Phi) is 3.89. The van der Waals surface area contributed by atoms with Crippen molar-refractivity contribution in [3.63, 3.8) is 0 Å². The summed E-state index contributed by atoms with van der Waals surface area (Å²) in [6.45, 7) is 2.03. The number of benzene rings is 1. The van der Waals surface area contributed by atoms with Crippen LogP contribution in [0.15, 0.2) is 36.4 Å². The molecule has 0 aliphatic heterocycles.